The fourth-order valence-corrected chi connectivity index (χ4v) is 2.59. The Morgan fingerprint density at radius 3 is 2.78 bits per heavy atom. The molecule has 0 saturated heterocycles. The van der Waals surface area contributed by atoms with Crippen molar-refractivity contribution in [1.82, 2.24) is 4.90 Å². The third kappa shape index (κ3) is 4.18. The number of benzene rings is 1. The normalized spacial score (nSPS) is 12.3. The van der Waals surface area contributed by atoms with Gasteiger partial charge in [-0.3, -0.25) is 4.79 Å². The summed E-state index contributed by atoms with van der Waals surface area (Å²) in [5, 5.41) is 0.615. The zero-order valence-electron chi connectivity index (χ0n) is 10.7. The molecule has 1 atom stereocenters. The van der Waals surface area contributed by atoms with Crippen LogP contribution in [0.5, 0.6) is 0 Å². The smallest absolute Gasteiger partial charge is 0.253 e. The highest BCUT2D eigenvalue weighted by atomic mass is 79.9. The van der Waals surface area contributed by atoms with Crippen molar-refractivity contribution in [2.75, 3.05) is 19.1 Å². The molecule has 0 heterocycles. The van der Waals surface area contributed by atoms with Crippen LogP contribution in [0.2, 0.25) is 5.02 Å². The number of hydrogen-bond acceptors (Lipinski definition) is 2. The van der Waals surface area contributed by atoms with Crippen molar-refractivity contribution >= 4 is 45.2 Å². The molecule has 1 rings (SSSR count). The van der Waals surface area contributed by atoms with Crippen molar-refractivity contribution in [2.24, 2.45) is 0 Å². The summed E-state index contributed by atoms with van der Waals surface area (Å²) in [6.45, 7) is 2.07. The number of carbonyl (C=O) groups is 1. The Morgan fingerprint density at radius 2 is 2.22 bits per heavy atom. The summed E-state index contributed by atoms with van der Waals surface area (Å²) in [6.07, 6.45) is 3.07. The van der Waals surface area contributed by atoms with Crippen molar-refractivity contribution in [3.63, 3.8) is 0 Å². The summed E-state index contributed by atoms with van der Waals surface area (Å²) in [5.41, 5.74) is 0.657. The van der Waals surface area contributed by atoms with Crippen molar-refractivity contribution < 1.29 is 4.79 Å². The summed E-state index contributed by atoms with van der Waals surface area (Å²) in [7, 11) is 1.84. The largest absolute Gasteiger partial charge is 0.339 e. The van der Waals surface area contributed by atoms with E-state index in [4.69, 9.17) is 11.6 Å². The average Bonchev–Trinajstić information content (AvgIpc) is 2.37. The van der Waals surface area contributed by atoms with E-state index >= 15 is 0 Å². The van der Waals surface area contributed by atoms with E-state index in [0.29, 0.717) is 10.6 Å². The number of carbonyl (C=O) groups excluding carboxylic acids is 1. The maximum atomic E-state index is 12.3. The van der Waals surface area contributed by atoms with Crippen molar-refractivity contribution in [3.05, 3.63) is 33.3 Å². The first-order chi connectivity index (χ1) is 8.47. The molecule has 5 heteroatoms. The van der Waals surface area contributed by atoms with Crippen LogP contribution in [-0.4, -0.2) is 35.9 Å². The number of nitrogens with zero attached hydrogens (tertiary/aromatic N) is 1. The van der Waals surface area contributed by atoms with Crippen LogP contribution in [0.15, 0.2) is 22.7 Å². The van der Waals surface area contributed by atoms with E-state index in [9.17, 15) is 4.79 Å². The van der Waals surface area contributed by atoms with Gasteiger partial charge in [-0.25, -0.2) is 0 Å². The predicted molar refractivity (Wildman–Crippen MR) is 83.7 cm³/mol. The molecule has 0 radical (unpaired) electrons. The second-order valence-electron chi connectivity index (χ2n) is 4.18. The molecule has 0 aliphatic rings. The van der Waals surface area contributed by atoms with Gasteiger partial charge in [0.1, 0.15) is 0 Å². The molecule has 2 nitrogen and oxygen atoms in total. The summed E-state index contributed by atoms with van der Waals surface area (Å²) in [5.74, 6) is 1.09. The first-order valence-corrected chi connectivity index (χ1v) is 8.25. The summed E-state index contributed by atoms with van der Waals surface area (Å²) in [4.78, 5) is 14.1. The van der Waals surface area contributed by atoms with Crippen LogP contribution < -0.4 is 0 Å². The highest BCUT2D eigenvalue weighted by Crippen LogP contribution is 2.24. The average molecular weight is 351 g/mol. The van der Waals surface area contributed by atoms with Crippen molar-refractivity contribution in [3.8, 4) is 0 Å². The molecule has 1 unspecified atom stereocenters. The van der Waals surface area contributed by atoms with Crippen LogP contribution >= 0.6 is 39.3 Å². The van der Waals surface area contributed by atoms with Crippen LogP contribution in [0.25, 0.3) is 0 Å². The van der Waals surface area contributed by atoms with Crippen LogP contribution in [0.4, 0.5) is 0 Å². The Hall–Kier alpha value is -0.190. The zero-order chi connectivity index (χ0) is 13.7. The third-order valence-electron chi connectivity index (χ3n) is 2.89. The molecular formula is C13H17BrClNOS. The standard InChI is InChI=1S/C13H17BrClNOS/c1-9(6-7-18-3)16(2)13(17)10-4-5-12(15)11(14)8-10/h4-5,8-9H,6-7H2,1-3H3. The lowest BCUT2D eigenvalue weighted by Crippen LogP contribution is -2.35. The Kier molecular flexibility index (Phi) is 6.53. The number of thioether (sulfide) groups is 1. The predicted octanol–water partition coefficient (Wildman–Crippen LogP) is 4.32. The van der Waals surface area contributed by atoms with Crippen molar-refractivity contribution in [1.29, 1.82) is 0 Å². The molecule has 100 valence electrons. The van der Waals surface area contributed by atoms with E-state index in [1.807, 2.05) is 7.05 Å². The van der Waals surface area contributed by atoms with Crippen LogP contribution in [0, 0.1) is 0 Å². The molecule has 0 saturated carbocycles. The molecule has 0 aliphatic carbocycles. The Morgan fingerprint density at radius 1 is 1.56 bits per heavy atom. The van der Waals surface area contributed by atoms with Crippen molar-refractivity contribution in [2.45, 2.75) is 19.4 Å². The molecule has 0 spiro atoms. The minimum absolute atomic E-state index is 0.0287. The van der Waals surface area contributed by atoms with Crippen LogP contribution in [-0.2, 0) is 0 Å². The molecule has 1 aromatic carbocycles. The second-order valence-corrected chi connectivity index (χ2v) is 6.42. The van der Waals surface area contributed by atoms with Gasteiger partial charge >= 0.3 is 0 Å². The first kappa shape index (κ1) is 15.9. The zero-order valence-corrected chi connectivity index (χ0v) is 13.9. The second kappa shape index (κ2) is 7.41. The molecule has 1 aromatic rings. The van der Waals surface area contributed by atoms with E-state index in [0.717, 1.165) is 16.6 Å². The van der Waals surface area contributed by atoms with Gasteiger partial charge < -0.3 is 4.90 Å². The fraction of sp³-hybridized carbons (Fsp3) is 0.462. The van der Waals surface area contributed by atoms with Crippen LogP contribution in [0.1, 0.15) is 23.7 Å². The maximum absolute atomic E-state index is 12.3. The lowest BCUT2D eigenvalue weighted by atomic mass is 10.1. The van der Waals surface area contributed by atoms with Gasteiger partial charge in [0.25, 0.3) is 5.91 Å². The number of amides is 1. The van der Waals surface area contributed by atoms with Gasteiger partial charge in [0.15, 0.2) is 0 Å². The lowest BCUT2D eigenvalue weighted by molar-refractivity contribution is 0.0741. The Balaban J connectivity index is 2.76. The Bertz CT molecular complexity index is 427. The molecule has 18 heavy (non-hydrogen) atoms. The quantitative estimate of drug-likeness (QED) is 0.788. The molecule has 0 aromatic heterocycles. The summed E-state index contributed by atoms with van der Waals surface area (Å²) >= 11 is 11.1. The van der Waals surface area contributed by atoms with Gasteiger partial charge in [0.05, 0.1) is 5.02 Å². The topological polar surface area (TPSA) is 20.3 Å². The SMILES string of the molecule is CSCCC(C)N(C)C(=O)c1ccc(Cl)c(Br)c1. The molecule has 0 aliphatic heterocycles. The maximum Gasteiger partial charge on any atom is 0.253 e. The van der Waals surface area contributed by atoms with Gasteiger partial charge in [-0.2, -0.15) is 11.8 Å². The summed E-state index contributed by atoms with van der Waals surface area (Å²) < 4.78 is 0.750. The highest BCUT2D eigenvalue weighted by molar-refractivity contribution is 9.10. The molecule has 0 N–H and O–H groups in total. The van der Waals surface area contributed by atoms with E-state index in [1.54, 1.807) is 34.9 Å². The monoisotopic (exact) mass is 349 g/mol. The van der Waals surface area contributed by atoms with Gasteiger partial charge in [0.2, 0.25) is 0 Å². The van der Waals surface area contributed by atoms with Gasteiger partial charge in [-0.05, 0) is 59.5 Å². The van der Waals surface area contributed by atoms with E-state index in [1.165, 1.54) is 0 Å². The van der Waals surface area contributed by atoms with E-state index in [-0.39, 0.29) is 11.9 Å². The lowest BCUT2D eigenvalue weighted by Gasteiger charge is -2.25. The molecule has 0 bridgehead atoms. The fourth-order valence-electron chi connectivity index (χ4n) is 1.52. The van der Waals surface area contributed by atoms with Crippen LogP contribution in [0.3, 0.4) is 0 Å². The first-order valence-electron chi connectivity index (χ1n) is 5.68. The van der Waals surface area contributed by atoms with E-state index < -0.39 is 0 Å². The molecule has 0 fully saturated rings. The number of rotatable bonds is 5. The third-order valence-corrected chi connectivity index (χ3v) is 4.75. The van der Waals surface area contributed by atoms with Gasteiger partial charge in [-0.1, -0.05) is 11.6 Å². The Labute approximate surface area is 126 Å². The molecule has 1 amide bonds. The molecular weight excluding hydrogens is 334 g/mol. The highest BCUT2D eigenvalue weighted by Gasteiger charge is 2.17. The van der Waals surface area contributed by atoms with E-state index in [2.05, 4.69) is 29.1 Å². The number of halogens is 2. The number of hydrogen-bond donors (Lipinski definition) is 0. The van der Waals surface area contributed by atoms with Gasteiger partial charge in [0, 0.05) is 23.1 Å². The minimum Gasteiger partial charge on any atom is -0.339 e. The summed E-state index contributed by atoms with van der Waals surface area (Å²) in [6, 6.07) is 5.49. The van der Waals surface area contributed by atoms with Gasteiger partial charge in [-0.15, -0.1) is 0 Å². The minimum atomic E-state index is 0.0287.